The number of phenols is 1. The number of rotatable bonds is 4. The van der Waals surface area contributed by atoms with Gasteiger partial charge >= 0.3 is 5.97 Å². The number of carboxylic acid groups (broad SMARTS) is 1. The van der Waals surface area contributed by atoms with Crippen LogP contribution in [0.1, 0.15) is 34.5 Å². The summed E-state index contributed by atoms with van der Waals surface area (Å²) < 4.78 is 0. The van der Waals surface area contributed by atoms with E-state index < -0.39 is 11.9 Å². The minimum Gasteiger partial charge on any atom is -0.508 e. The fourth-order valence-corrected chi connectivity index (χ4v) is 2.62. The zero-order chi connectivity index (χ0) is 17.3. The number of hydrogen-bond donors (Lipinski definition) is 2. The van der Waals surface area contributed by atoms with Crippen LogP contribution in [-0.2, 0) is 4.79 Å². The second kappa shape index (κ2) is 6.12. The highest BCUT2D eigenvalue weighted by Crippen LogP contribution is 2.28. The molecule has 0 saturated heterocycles. The van der Waals surface area contributed by atoms with Gasteiger partial charge in [-0.3, -0.25) is 14.6 Å². The van der Waals surface area contributed by atoms with E-state index in [0.717, 1.165) is 0 Å². The molecule has 2 N–H and O–H groups in total. The van der Waals surface area contributed by atoms with E-state index in [2.05, 4.69) is 4.98 Å². The predicted molar refractivity (Wildman–Crippen MR) is 89.3 cm³/mol. The van der Waals surface area contributed by atoms with Gasteiger partial charge in [0.1, 0.15) is 11.4 Å². The molecule has 0 saturated carbocycles. The number of carbonyl (C=O) groups is 2. The number of fused-ring (bicyclic) bond motifs is 1. The Bertz CT molecular complexity index is 932. The molecule has 3 rings (SSSR count). The van der Waals surface area contributed by atoms with Gasteiger partial charge in [0, 0.05) is 17.1 Å². The summed E-state index contributed by atoms with van der Waals surface area (Å²) in [5.41, 5.74) is 1.24. The second-order valence-corrected chi connectivity index (χ2v) is 5.54. The van der Waals surface area contributed by atoms with Crippen LogP contribution in [0, 0.1) is 0 Å². The molecule has 1 aromatic heterocycles. The summed E-state index contributed by atoms with van der Waals surface area (Å²) in [6, 6.07) is 13.1. The fourth-order valence-electron chi connectivity index (χ4n) is 2.62. The van der Waals surface area contributed by atoms with Gasteiger partial charge in [0.2, 0.25) is 5.78 Å². The van der Waals surface area contributed by atoms with Crippen LogP contribution in [0.25, 0.3) is 10.8 Å². The highest BCUT2D eigenvalue weighted by molar-refractivity contribution is 6.15. The molecule has 3 aromatic rings. The molecule has 0 spiro atoms. The fraction of sp³-hybridized carbons (Fsp3) is 0.105. The van der Waals surface area contributed by atoms with Crippen LogP contribution in [0.4, 0.5) is 0 Å². The number of aromatic nitrogens is 1. The van der Waals surface area contributed by atoms with E-state index in [1.807, 2.05) is 0 Å². The highest BCUT2D eigenvalue weighted by Gasteiger charge is 2.21. The topological polar surface area (TPSA) is 87.5 Å². The van der Waals surface area contributed by atoms with Crippen LogP contribution in [0.2, 0.25) is 0 Å². The molecule has 5 nitrogen and oxygen atoms in total. The maximum atomic E-state index is 12.7. The Morgan fingerprint density at radius 1 is 1.00 bits per heavy atom. The molecule has 0 radical (unpaired) electrons. The van der Waals surface area contributed by atoms with Gasteiger partial charge in [0.25, 0.3) is 0 Å². The average molecular weight is 321 g/mol. The first-order chi connectivity index (χ1) is 11.5. The molecule has 0 bridgehead atoms. The molecule has 0 amide bonds. The number of aliphatic carboxylic acids is 1. The van der Waals surface area contributed by atoms with Crippen molar-refractivity contribution in [3.8, 4) is 5.75 Å². The van der Waals surface area contributed by atoms with Crippen molar-refractivity contribution in [1.29, 1.82) is 0 Å². The Kier molecular flexibility index (Phi) is 4.00. The lowest BCUT2D eigenvalue weighted by Crippen LogP contribution is -2.11. The number of carbonyl (C=O) groups excluding carboxylic acids is 1. The number of hydrogen-bond acceptors (Lipinski definition) is 4. The zero-order valence-electron chi connectivity index (χ0n) is 12.9. The van der Waals surface area contributed by atoms with E-state index >= 15 is 0 Å². The van der Waals surface area contributed by atoms with Crippen molar-refractivity contribution in [2.45, 2.75) is 12.8 Å². The summed E-state index contributed by atoms with van der Waals surface area (Å²) in [6.45, 7) is 1.59. The molecule has 1 atom stereocenters. The Morgan fingerprint density at radius 2 is 1.62 bits per heavy atom. The van der Waals surface area contributed by atoms with E-state index in [1.54, 1.807) is 31.2 Å². The molecule has 24 heavy (non-hydrogen) atoms. The summed E-state index contributed by atoms with van der Waals surface area (Å²) in [4.78, 5) is 28.3. The molecule has 0 aliphatic rings. The molecule has 0 aliphatic carbocycles. The molecule has 2 aromatic carbocycles. The first kappa shape index (κ1) is 15.7. The third-order valence-electron chi connectivity index (χ3n) is 4.01. The smallest absolute Gasteiger partial charge is 0.310 e. The standard InChI is InChI=1S/C19H15NO4/c1-11(19(23)24)16-10-20-17(15-5-3-2-4-14(15)16)18(22)12-6-8-13(21)9-7-12/h2-11,21H,1H3,(H,23,24). The lowest BCUT2D eigenvalue weighted by Gasteiger charge is -2.12. The molecular formula is C19H15NO4. The molecule has 5 heteroatoms. The Morgan fingerprint density at radius 3 is 2.25 bits per heavy atom. The van der Waals surface area contributed by atoms with E-state index in [1.165, 1.54) is 30.5 Å². The minimum absolute atomic E-state index is 0.0787. The zero-order valence-corrected chi connectivity index (χ0v) is 12.9. The van der Waals surface area contributed by atoms with Crippen molar-refractivity contribution in [2.24, 2.45) is 0 Å². The third-order valence-corrected chi connectivity index (χ3v) is 4.01. The van der Waals surface area contributed by atoms with Gasteiger partial charge in [0.05, 0.1) is 5.92 Å². The van der Waals surface area contributed by atoms with Crippen LogP contribution >= 0.6 is 0 Å². The molecule has 1 unspecified atom stereocenters. The van der Waals surface area contributed by atoms with Crippen LogP contribution in [0.15, 0.2) is 54.7 Å². The monoisotopic (exact) mass is 321 g/mol. The Labute approximate surface area is 138 Å². The van der Waals surface area contributed by atoms with Crippen LogP contribution < -0.4 is 0 Å². The number of pyridine rings is 1. The minimum atomic E-state index is -0.945. The molecule has 0 fully saturated rings. The maximum absolute atomic E-state index is 12.7. The number of phenolic OH excluding ortho intramolecular Hbond substituents is 1. The van der Waals surface area contributed by atoms with Crippen molar-refractivity contribution in [3.63, 3.8) is 0 Å². The number of benzene rings is 2. The van der Waals surface area contributed by atoms with Gasteiger partial charge in [-0.05, 0) is 42.1 Å². The van der Waals surface area contributed by atoms with Gasteiger partial charge in [-0.1, -0.05) is 24.3 Å². The summed E-state index contributed by atoms with van der Waals surface area (Å²) >= 11 is 0. The van der Waals surface area contributed by atoms with Gasteiger partial charge in [-0.2, -0.15) is 0 Å². The van der Waals surface area contributed by atoms with Crippen molar-refractivity contribution >= 4 is 22.5 Å². The second-order valence-electron chi connectivity index (χ2n) is 5.54. The summed E-state index contributed by atoms with van der Waals surface area (Å²) in [5, 5.41) is 19.9. The summed E-state index contributed by atoms with van der Waals surface area (Å²) in [6.07, 6.45) is 1.45. The largest absolute Gasteiger partial charge is 0.508 e. The van der Waals surface area contributed by atoms with Gasteiger partial charge in [0.15, 0.2) is 0 Å². The van der Waals surface area contributed by atoms with Crippen molar-refractivity contribution < 1.29 is 19.8 Å². The van der Waals surface area contributed by atoms with Crippen LogP contribution in [-0.4, -0.2) is 26.9 Å². The van der Waals surface area contributed by atoms with Crippen molar-refractivity contribution in [2.75, 3.05) is 0 Å². The Hall–Kier alpha value is -3.21. The van der Waals surface area contributed by atoms with E-state index in [-0.39, 0.29) is 17.2 Å². The van der Waals surface area contributed by atoms with Crippen molar-refractivity contribution in [3.05, 3.63) is 71.5 Å². The Balaban J connectivity index is 2.16. The molecule has 0 aliphatic heterocycles. The van der Waals surface area contributed by atoms with Crippen molar-refractivity contribution in [1.82, 2.24) is 4.98 Å². The quantitative estimate of drug-likeness (QED) is 0.719. The lowest BCUT2D eigenvalue weighted by molar-refractivity contribution is -0.138. The molecule has 120 valence electrons. The van der Waals surface area contributed by atoms with Gasteiger partial charge < -0.3 is 10.2 Å². The number of nitrogens with zero attached hydrogens (tertiary/aromatic N) is 1. The first-order valence-electron chi connectivity index (χ1n) is 7.43. The maximum Gasteiger partial charge on any atom is 0.310 e. The van der Waals surface area contributed by atoms with Gasteiger partial charge in [-0.15, -0.1) is 0 Å². The van der Waals surface area contributed by atoms with E-state index in [9.17, 15) is 19.8 Å². The molecular weight excluding hydrogens is 306 g/mol. The van der Waals surface area contributed by atoms with Gasteiger partial charge in [-0.25, -0.2) is 0 Å². The summed E-state index contributed by atoms with van der Waals surface area (Å²) in [7, 11) is 0. The average Bonchev–Trinajstić information content (AvgIpc) is 2.60. The first-order valence-corrected chi connectivity index (χ1v) is 7.43. The van der Waals surface area contributed by atoms with E-state index in [0.29, 0.717) is 21.9 Å². The number of carboxylic acids is 1. The number of aromatic hydroxyl groups is 1. The highest BCUT2D eigenvalue weighted by atomic mass is 16.4. The van der Waals surface area contributed by atoms with E-state index in [4.69, 9.17) is 0 Å². The lowest BCUT2D eigenvalue weighted by atomic mass is 9.94. The summed E-state index contributed by atoms with van der Waals surface area (Å²) in [5.74, 6) is -1.87. The molecule has 1 heterocycles. The normalized spacial score (nSPS) is 12.0. The number of ketones is 1. The SMILES string of the molecule is CC(C(=O)O)c1cnc(C(=O)c2ccc(O)cc2)c2ccccc12. The predicted octanol–water partition coefficient (Wildman–Crippen LogP) is 3.36. The van der Waals surface area contributed by atoms with Crippen LogP contribution in [0.3, 0.4) is 0 Å². The van der Waals surface area contributed by atoms with Crippen LogP contribution in [0.5, 0.6) is 5.75 Å². The third kappa shape index (κ3) is 2.72.